The number of hydrogen-bond acceptors (Lipinski definition) is 7. The van der Waals surface area contributed by atoms with Crippen LogP contribution in [0.15, 0.2) is 35.1 Å². The molecule has 2 aromatic heterocycles. The Morgan fingerprint density at radius 2 is 1.91 bits per heavy atom. The van der Waals surface area contributed by atoms with Gasteiger partial charge in [-0.05, 0) is 23.0 Å². The maximum atomic E-state index is 12.9. The van der Waals surface area contributed by atoms with Gasteiger partial charge in [0.25, 0.3) is 27.0 Å². The van der Waals surface area contributed by atoms with Gasteiger partial charge in [0.15, 0.2) is 9.90 Å². The zero-order chi connectivity index (χ0) is 26.1. The van der Waals surface area contributed by atoms with Crippen molar-refractivity contribution >= 4 is 49.9 Å². The summed E-state index contributed by atoms with van der Waals surface area (Å²) in [5.74, 6) is 1.20. The minimum Gasteiger partial charge on any atom is -0.501 e. The number of furan rings is 1. The molecule has 13 heteroatoms. The van der Waals surface area contributed by atoms with Gasteiger partial charge in [0.2, 0.25) is 11.6 Å². The van der Waals surface area contributed by atoms with Crippen molar-refractivity contribution in [2.45, 2.75) is 64.6 Å². The molecule has 0 amide bonds. The predicted octanol–water partition coefficient (Wildman–Crippen LogP) is 3.16. The summed E-state index contributed by atoms with van der Waals surface area (Å²) in [5.41, 5.74) is 1.04. The number of nitrogens with one attached hydrogen (secondary N) is 1. The first-order valence-electron chi connectivity index (χ1n) is 11.4. The van der Waals surface area contributed by atoms with Crippen LogP contribution < -0.4 is 10.6 Å². The zero-order valence-corrected chi connectivity index (χ0v) is 23.5. The summed E-state index contributed by atoms with van der Waals surface area (Å²) >= 11 is -0.908. The number of quaternary nitrogens is 1. The standard InChI is InChI=1S/C22H33N5O5S3/c1-8-27(9-2)35(30,31)21-17(28)15(12-33-21)23-19-20(26-34(29)25-19)24-18(22(5,6)7)16-10-14(11-32-16)13(3)4/h10-13,18,28H,8-9H2,1-7H3,(H,23,25)(H,24,26)/p+1. The molecule has 1 aliphatic heterocycles. The Morgan fingerprint density at radius 1 is 1.26 bits per heavy atom. The van der Waals surface area contributed by atoms with E-state index in [1.54, 1.807) is 20.1 Å². The molecule has 194 valence electrons. The minimum atomic E-state index is -3.82. The molecule has 0 radical (unpaired) electrons. The molecule has 0 saturated carbocycles. The maximum absolute atomic E-state index is 12.9. The Balaban J connectivity index is 1.88. The molecule has 0 aliphatic carbocycles. The van der Waals surface area contributed by atoms with Crippen LogP contribution in [0.3, 0.4) is 0 Å². The van der Waals surface area contributed by atoms with Crippen molar-refractivity contribution in [1.29, 1.82) is 0 Å². The molecule has 3 rings (SSSR count). The van der Waals surface area contributed by atoms with Crippen LogP contribution in [0.1, 0.15) is 71.7 Å². The number of amidine groups is 2. The molecule has 2 aromatic rings. The lowest BCUT2D eigenvalue weighted by Gasteiger charge is -2.30. The monoisotopic (exact) mass is 544 g/mol. The van der Waals surface area contributed by atoms with Crippen molar-refractivity contribution in [1.82, 2.24) is 9.62 Å². The smallest absolute Gasteiger partial charge is 0.284 e. The number of rotatable bonds is 8. The van der Waals surface area contributed by atoms with Crippen LogP contribution in [0.25, 0.3) is 0 Å². The zero-order valence-electron chi connectivity index (χ0n) is 21.0. The molecule has 35 heavy (non-hydrogen) atoms. The summed E-state index contributed by atoms with van der Waals surface area (Å²) in [5, 5.41) is 17.1. The van der Waals surface area contributed by atoms with Crippen LogP contribution in [0, 0.1) is 5.41 Å². The Labute approximate surface area is 213 Å². The highest BCUT2D eigenvalue weighted by atomic mass is 32.2. The van der Waals surface area contributed by atoms with Gasteiger partial charge in [0.1, 0.15) is 5.76 Å². The van der Waals surface area contributed by atoms with E-state index in [4.69, 9.17) is 4.42 Å². The second-order valence-electron chi connectivity index (χ2n) is 9.59. The second kappa shape index (κ2) is 10.5. The number of aromatic hydroxyl groups is 1. The molecule has 0 aromatic carbocycles. The highest BCUT2D eigenvalue weighted by Gasteiger charge is 2.36. The molecule has 2 atom stereocenters. The fourth-order valence-corrected chi connectivity index (χ4v) is 7.12. The number of thiophene rings is 1. The van der Waals surface area contributed by atoms with E-state index in [1.165, 1.54) is 15.0 Å². The lowest BCUT2D eigenvalue weighted by Crippen LogP contribution is -2.85. The summed E-state index contributed by atoms with van der Waals surface area (Å²) in [6.07, 6.45) is 1.73. The van der Waals surface area contributed by atoms with Gasteiger partial charge in [-0.2, -0.15) is 4.31 Å². The molecule has 0 fully saturated rings. The van der Waals surface area contributed by atoms with Gasteiger partial charge in [-0.15, -0.1) is 20.1 Å². The van der Waals surface area contributed by atoms with Crippen molar-refractivity contribution in [2.24, 2.45) is 14.2 Å². The summed E-state index contributed by atoms with van der Waals surface area (Å²) in [6.45, 7) is 14.4. The third kappa shape index (κ3) is 5.85. The Morgan fingerprint density at radius 3 is 2.46 bits per heavy atom. The first kappa shape index (κ1) is 27.5. The number of nitrogens with zero attached hydrogens (tertiary/aromatic N) is 3. The third-order valence-electron chi connectivity index (χ3n) is 5.66. The summed E-state index contributed by atoms with van der Waals surface area (Å²) in [6, 6.07) is 1.69. The van der Waals surface area contributed by atoms with Crippen molar-refractivity contribution in [3.8, 4) is 5.75 Å². The van der Waals surface area contributed by atoms with E-state index in [1.807, 2.05) is 26.8 Å². The highest BCUT2D eigenvalue weighted by Crippen LogP contribution is 2.37. The van der Waals surface area contributed by atoms with Gasteiger partial charge in [0.05, 0.1) is 17.7 Å². The molecular weight excluding hydrogens is 510 g/mol. The number of nitrogens with two attached hydrogens (primary N) is 1. The Hall–Kier alpha value is -2.06. The highest BCUT2D eigenvalue weighted by molar-refractivity contribution is 7.91. The van der Waals surface area contributed by atoms with Crippen LogP contribution >= 0.6 is 11.3 Å². The fourth-order valence-electron chi connectivity index (χ4n) is 3.60. The van der Waals surface area contributed by atoms with Crippen LogP contribution in [-0.2, 0) is 21.2 Å². The molecule has 0 spiro atoms. The first-order chi connectivity index (χ1) is 16.3. The summed E-state index contributed by atoms with van der Waals surface area (Å²) in [4.78, 5) is 0. The van der Waals surface area contributed by atoms with E-state index in [2.05, 4.69) is 28.0 Å². The molecule has 1 aliphatic rings. The molecular formula is C22H34N5O5S3+. The van der Waals surface area contributed by atoms with E-state index >= 15 is 0 Å². The van der Waals surface area contributed by atoms with Crippen molar-refractivity contribution in [3.63, 3.8) is 0 Å². The van der Waals surface area contributed by atoms with Gasteiger partial charge in [-0.25, -0.2) is 12.6 Å². The predicted molar refractivity (Wildman–Crippen MR) is 139 cm³/mol. The minimum absolute atomic E-state index is 0.136. The van der Waals surface area contributed by atoms with Gasteiger partial charge in [-0.3, -0.25) is 5.32 Å². The summed E-state index contributed by atoms with van der Waals surface area (Å²) < 4.78 is 53.2. The van der Waals surface area contributed by atoms with Crippen molar-refractivity contribution in [3.05, 3.63) is 29.0 Å². The average molecular weight is 545 g/mol. The molecule has 0 bridgehead atoms. The van der Waals surface area contributed by atoms with E-state index in [0.717, 1.165) is 16.9 Å². The van der Waals surface area contributed by atoms with Gasteiger partial charge in [-0.1, -0.05) is 48.5 Å². The van der Waals surface area contributed by atoms with Crippen molar-refractivity contribution in [2.75, 3.05) is 13.1 Å². The quantitative estimate of drug-likeness (QED) is 0.466. The Bertz CT molecular complexity index is 1250. The molecule has 4 N–H and O–H groups in total. The first-order valence-corrected chi connectivity index (χ1v) is 14.8. The largest absolute Gasteiger partial charge is 0.501 e. The average Bonchev–Trinajstić information content (AvgIpc) is 3.46. The van der Waals surface area contributed by atoms with Crippen LogP contribution in [-0.4, -0.2) is 46.8 Å². The van der Waals surface area contributed by atoms with Crippen LogP contribution in [0.4, 0.5) is 5.69 Å². The topological polar surface area (TPSA) is 141 Å². The fraction of sp³-hybridized carbons (Fsp3) is 0.545. The molecule has 2 unspecified atom stereocenters. The molecule has 3 heterocycles. The van der Waals surface area contributed by atoms with E-state index in [0.29, 0.717) is 24.8 Å². The van der Waals surface area contributed by atoms with Gasteiger partial charge >= 0.3 is 0 Å². The van der Waals surface area contributed by atoms with E-state index in [9.17, 15) is 17.7 Å². The lowest BCUT2D eigenvalue weighted by molar-refractivity contribution is -0.440. The van der Waals surface area contributed by atoms with Gasteiger partial charge < -0.3 is 14.8 Å². The maximum Gasteiger partial charge on any atom is 0.284 e. The molecule has 0 saturated heterocycles. The van der Waals surface area contributed by atoms with E-state index < -0.39 is 21.2 Å². The molecule has 10 nitrogen and oxygen atoms in total. The van der Waals surface area contributed by atoms with Gasteiger partial charge in [0, 0.05) is 13.1 Å². The SMILES string of the molecule is CCN(CC)S(=O)(=O)c1scc([NH2+]C2=NS(=O)N=C2NC(c2cc(C(C)C)co2)C(C)(C)C)c1O. The Kier molecular flexibility index (Phi) is 8.26. The third-order valence-corrected chi connectivity index (χ3v) is 9.91. The van der Waals surface area contributed by atoms with Crippen molar-refractivity contribution < 1.29 is 27.5 Å². The second-order valence-corrected chi connectivity index (χ2v) is 13.4. The summed E-state index contributed by atoms with van der Waals surface area (Å²) in [7, 11) is -3.82. The normalized spacial score (nSPS) is 17.7. The van der Waals surface area contributed by atoms with Crippen LogP contribution in [0.2, 0.25) is 0 Å². The van der Waals surface area contributed by atoms with Crippen LogP contribution in [0.5, 0.6) is 5.75 Å². The number of hydrogen-bond donors (Lipinski definition) is 3. The lowest BCUT2D eigenvalue weighted by atomic mass is 9.84. The number of sulfonamides is 1. The van der Waals surface area contributed by atoms with E-state index in [-0.39, 0.29) is 38.8 Å².